The van der Waals surface area contributed by atoms with E-state index in [9.17, 15) is 8.78 Å². The van der Waals surface area contributed by atoms with Gasteiger partial charge in [-0.15, -0.1) is 0 Å². The average molecular weight is 150 g/mol. The summed E-state index contributed by atoms with van der Waals surface area (Å²) in [5, 5.41) is 9.07. The second-order valence-electron chi connectivity index (χ2n) is 3.92. The lowest BCUT2D eigenvalue weighted by molar-refractivity contribution is -0.193. The third-order valence-electron chi connectivity index (χ3n) is 1.98. The molecular weight excluding hydrogens is 138 g/mol. The van der Waals surface area contributed by atoms with E-state index in [1.807, 2.05) is 13.8 Å². The Bertz CT molecular complexity index is 135. The Labute approximate surface area is 59.0 Å². The van der Waals surface area contributed by atoms with Crippen molar-refractivity contribution in [2.45, 2.75) is 38.7 Å². The maximum atomic E-state index is 12.0. The fourth-order valence-electron chi connectivity index (χ4n) is 1.76. The van der Waals surface area contributed by atoms with Crippen molar-refractivity contribution < 1.29 is 13.9 Å². The van der Waals surface area contributed by atoms with Crippen LogP contribution in [0.3, 0.4) is 0 Å². The summed E-state index contributed by atoms with van der Waals surface area (Å²) in [7, 11) is 0. The van der Waals surface area contributed by atoms with Gasteiger partial charge in [0.2, 0.25) is 0 Å². The zero-order chi connectivity index (χ0) is 7.99. The maximum absolute atomic E-state index is 12.0. The second kappa shape index (κ2) is 1.91. The number of alkyl halides is 2. The minimum Gasteiger partial charge on any atom is -0.384 e. The van der Waals surface area contributed by atoms with E-state index in [-0.39, 0.29) is 18.3 Å². The van der Waals surface area contributed by atoms with Crippen molar-refractivity contribution in [3.05, 3.63) is 0 Å². The number of halogens is 2. The van der Waals surface area contributed by atoms with E-state index < -0.39 is 12.0 Å². The normalized spacial score (nSPS) is 28.2. The molecule has 0 atom stereocenters. The molecule has 1 saturated carbocycles. The van der Waals surface area contributed by atoms with E-state index in [0.717, 1.165) is 0 Å². The molecule has 0 aromatic carbocycles. The van der Waals surface area contributed by atoms with E-state index in [0.29, 0.717) is 0 Å². The Kier molecular flexibility index (Phi) is 1.51. The Morgan fingerprint density at radius 2 is 1.70 bits per heavy atom. The third kappa shape index (κ3) is 1.15. The van der Waals surface area contributed by atoms with Gasteiger partial charge >= 0.3 is 0 Å². The molecule has 1 fully saturated rings. The van der Waals surface area contributed by atoms with Gasteiger partial charge in [0.1, 0.15) is 5.60 Å². The molecule has 0 amide bonds. The molecule has 0 spiro atoms. The molecule has 1 aliphatic rings. The quantitative estimate of drug-likeness (QED) is 0.604. The summed E-state index contributed by atoms with van der Waals surface area (Å²) in [6.07, 6.45) is -2.14. The first-order chi connectivity index (χ1) is 4.36. The molecule has 1 aliphatic carbocycles. The zero-order valence-electron chi connectivity index (χ0n) is 6.19. The lowest BCUT2D eigenvalue weighted by Gasteiger charge is -2.48. The summed E-state index contributed by atoms with van der Waals surface area (Å²) < 4.78 is 23.9. The first kappa shape index (κ1) is 7.92. The van der Waals surface area contributed by atoms with Crippen LogP contribution in [-0.2, 0) is 0 Å². The minimum absolute atomic E-state index is 0.0921. The number of aliphatic hydroxyl groups is 1. The largest absolute Gasteiger partial charge is 0.384 e. The van der Waals surface area contributed by atoms with Crippen molar-refractivity contribution in [3.8, 4) is 0 Å². The number of rotatable bonds is 1. The molecule has 0 unspecified atom stereocenters. The Morgan fingerprint density at radius 1 is 1.30 bits per heavy atom. The van der Waals surface area contributed by atoms with E-state index >= 15 is 0 Å². The molecule has 1 rings (SSSR count). The highest BCUT2D eigenvalue weighted by Crippen LogP contribution is 2.50. The fourth-order valence-corrected chi connectivity index (χ4v) is 1.76. The van der Waals surface area contributed by atoms with Crippen LogP contribution in [0.15, 0.2) is 0 Å². The molecule has 0 heterocycles. The molecule has 3 heteroatoms. The third-order valence-corrected chi connectivity index (χ3v) is 1.98. The lowest BCUT2D eigenvalue weighted by Crippen LogP contribution is -2.53. The standard InChI is InChI=1S/C7H12F2O/c1-6(2)3-7(10,4-6)5(8)9/h5,10H,3-4H2,1-2H3. The molecule has 60 valence electrons. The van der Waals surface area contributed by atoms with Crippen LogP contribution in [0.4, 0.5) is 8.78 Å². The van der Waals surface area contributed by atoms with Crippen molar-refractivity contribution in [2.75, 3.05) is 0 Å². The van der Waals surface area contributed by atoms with Gasteiger partial charge in [0, 0.05) is 0 Å². The highest BCUT2D eigenvalue weighted by molar-refractivity contribution is 5.01. The molecule has 0 saturated heterocycles. The van der Waals surface area contributed by atoms with Gasteiger partial charge in [-0.25, -0.2) is 8.78 Å². The first-order valence-electron chi connectivity index (χ1n) is 3.36. The molecule has 1 nitrogen and oxygen atoms in total. The Morgan fingerprint density at radius 3 is 1.80 bits per heavy atom. The summed E-state index contributed by atoms with van der Waals surface area (Å²) in [5.41, 5.74) is -1.77. The summed E-state index contributed by atoms with van der Waals surface area (Å²) in [6.45, 7) is 3.76. The molecule has 0 bridgehead atoms. The van der Waals surface area contributed by atoms with Gasteiger partial charge < -0.3 is 5.11 Å². The van der Waals surface area contributed by atoms with Gasteiger partial charge in [-0.05, 0) is 18.3 Å². The summed E-state index contributed by atoms with van der Waals surface area (Å²) in [6, 6.07) is 0. The Hall–Kier alpha value is -0.180. The van der Waals surface area contributed by atoms with Crippen LogP contribution in [0.25, 0.3) is 0 Å². The van der Waals surface area contributed by atoms with Gasteiger partial charge in [0.25, 0.3) is 6.43 Å². The fraction of sp³-hybridized carbons (Fsp3) is 1.00. The summed E-state index contributed by atoms with van der Waals surface area (Å²) in [5.74, 6) is 0. The highest BCUT2D eigenvalue weighted by atomic mass is 19.3. The monoisotopic (exact) mass is 150 g/mol. The molecule has 10 heavy (non-hydrogen) atoms. The van der Waals surface area contributed by atoms with Crippen LogP contribution in [0.5, 0.6) is 0 Å². The van der Waals surface area contributed by atoms with Crippen molar-refractivity contribution in [1.82, 2.24) is 0 Å². The molecule has 1 N–H and O–H groups in total. The van der Waals surface area contributed by atoms with Crippen LogP contribution in [0.1, 0.15) is 26.7 Å². The van der Waals surface area contributed by atoms with E-state index in [1.165, 1.54) is 0 Å². The number of hydrogen-bond donors (Lipinski definition) is 1. The molecular formula is C7H12F2O. The van der Waals surface area contributed by atoms with Gasteiger partial charge in [-0.1, -0.05) is 13.8 Å². The Balaban J connectivity index is 2.50. The maximum Gasteiger partial charge on any atom is 0.266 e. The van der Waals surface area contributed by atoms with Gasteiger partial charge in [-0.2, -0.15) is 0 Å². The van der Waals surface area contributed by atoms with Crippen molar-refractivity contribution in [2.24, 2.45) is 5.41 Å². The predicted molar refractivity (Wildman–Crippen MR) is 34.0 cm³/mol. The molecule has 0 aromatic heterocycles. The van der Waals surface area contributed by atoms with E-state index in [4.69, 9.17) is 5.11 Å². The zero-order valence-corrected chi connectivity index (χ0v) is 6.19. The van der Waals surface area contributed by atoms with E-state index in [1.54, 1.807) is 0 Å². The lowest BCUT2D eigenvalue weighted by atomic mass is 9.61. The highest BCUT2D eigenvalue weighted by Gasteiger charge is 2.53. The summed E-state index contributed by atoms with van der Waals surface area (Å²) >= 11 is 0. The smallest absolute Gasteiger partial charge is 0.266 e. The number of hydrogen-bond acceptors (Lipinski definition) is 1. The minimum atomic E-state index is -2.58. The van der Waals surface area contributed by atoms with Gasteiger partial charge in [0.05, 0.1) is 0 Å². The van der Waals surface area contributed by atoms with Crippen LogP contribution in [0.2, 0.25) is 0 Å². The van der Waals surface area contributed by atoms with Crippen molar-refractivity contribution in [3.63, 3.8) is 0 Å². The predicted octanol–water partition coefficient (Wildman–Crippen LogP) is 1.80. The van der Waals surface area contributed by atoms with E-state index in [2.05, 4.69) is 0 Å². The molecule has 0 aromatic rings. The first-order valence-corrected chi connectivity index (χ1v) is 3.36. The van der Waals surface area contributed by atoms with Crippen LogP contribution < -0.4 is 0 Å². The van der Waals surface area contributed by atoms with Crippen molar-refractivity contribution in [1.29, 1.82) is 0 Å². The SMILES string of the molecule is CC1(C)CC(O)(C(F)F)C1. The van der Waals surface area contributed by atoms with Gasteiger partial charge in [-0.3, -0.25) is 0 Å². The second-order valence-corrected chi connectivity index (χ2v) is 3.92. The summed E-state index contributed by atoms with van der Waals surface area (Å²) in [4.78, 5) is 0. The topological polar surface area (TPSA) is 20.2 Å². The molecule has 0 radical (unpaired) electrons. The van der Waals surface area contributed by atoms with Crippen LogP contribution in [0, 0.1) is 5.41 Å². The van der Waals surface area contributed by atoms with Gasteiger partial charge in [0.15, 0.2) is 0 Å². The average Bonchev–Trinajstić information content (AvgIpc) is 1.59. The van der Waals surface area contributed by atoms with Crippen LogP contribution >= 0.6 is 0 Å². The van der Waals surface area contributed by atoms with Crippen molar-refractivity contribution >= 4 is 0 Å². The molecule has 0 aliphatic heterocycles. The van der Waals surface area contributed by atoms with Crippen LogP contribution in [-0.4, -0.2) is 17.1 Å².